The molecule has 1 aliphatic heterocycles. The summed E-state index contributed by atoms with van der Waals surface area (Å²) in [5.41, 5.74) is 14.2. The van der Waals surface area contributed by atoms with Crippen molar-refractivity contribution in [1.82, 2.24) is 14.9 Å². The van der Waals surface area contributed by atoms with Gasteiger partial charge in [0.15, 0.2) is 5.82 Å². The summed E-state index contributed by atoms with van der Waals surface area (Å²) in [6, 6.07) is 8.43. The van der Waals surface area contributed by atoms with E-state index in [4.69, 9.17) is 37.3 Å². The average molecular weight is 529 g/mol. The lowest BCUT2D eigenvalue weighted by atomic mass is 10.2. The van der Waals surface area contributed by atoms with Crippen molar-refractivity contribution in [3.63, 3.8) is 0 Å². The van der Waals surface area contributed by atoms with E-state index in [-0.39, 0.29) is 16.7 Å². The number of nitrogens with zero attached hydrogens (tertiary/aromatic N) is 4. The Hall–Kier alpha value is -4.16. The number of hydrogen-bond donors (Lipinski definition) is 4. The Bertz CT molecular complexity index is 1280. The van der Waals surface area contributed by atoms with Crippen LogP contribution >= 0.6 is 11.6 Å². The van der Waals surface area contributed by atoms with Gasteiger partial charge in [0.1, 0.15) is 22.3 Å². The molecule has 196 valence electrons. The van der Waals surface area contributed by atoms with Gasteiger partial charge in [-0.3, -0.25) is 0 Å². The Morgan fingerprint density at radius 1 is 1.03 bits per heavy atom. The molecule has 0 bridgehead atoms. The van der Waals surface area contributed by atoms with Crippen LogP contribution in [0.25, 0.3) is 0 Å². The lowest BCUT2D eigenvalue weighted by Gasteiger charge is -2.35. The van der Waals surface area contributed by atoms with Crippen molar-refractivity contribution in [2.45, 2.75) is 0 Å². The summed E-state index contributed by atoms with van der Waals surface area (Å²) in [7, 11) is 5.18. The number of nitrogen functional groups attached to an aromatic ring is 1. The molecule has 2 heterocycles. The Kier molecular flexibility index (Phi) is 7.89. The van der Waals surface area contributed by atoms with Crippen molar-refractivity contribution >= 4 is 52.2 Å². The molecule has 0 radical (unpaired) electrons. The van der Waals surface area contributed by atoms with Gasteiger partial charge >= 0.3 is 6.09 Å². The third-order valence-corrected chi connectivity index (χ3v) is 6.10. The zero-order valence-electron chi connectivity index (χ0n) is 20.7. The van der Waals surface area contributed by atoms with Crippen LogP contribution in [0.15, 0.2) is 36.5 Å². The summed E-state index contributed by atoms with van der Waals surface area (Å²) in [5.74, 6) is 1.81. The lowest BCUT2D eigenvalue weighted by Crippen LogP contribution is -2.44. The molecule has 1 aliphatic rings. The molecule has 0 unspecified atom stereocenters. The molecule has 13 heteroatoms. The van der Waals surface area contributed by atoms with Crippen LogP contribution in [0.3, 0.4) is 0 Å². The van der Waals surface area contributed by atoms with E-state index in [9.17, 15) is 4.79 Å². The van der Waals surface area contributed by atoms with Crippen molar-refractivity contribution in [2.24, 2.45) is 5.73 Å². The van der Waals surface area contributed by atoms with Gasteiger partial charge in [0.2, 0.25) is 5.95 Å². The van der Waals surface area contributed by atoms with Crippen LogP contribution in [0.1, 0.15) is 0 Å². The number of halogens is 1. The summed E-state index contributed by atoms with van der Waals surface area (Å²) < 4.78 is 15.9. The predicted molar refractivity (Wildman–Crippen MR) is 144 cm³/mol. The van der Waals surface area contributed by atoms with E-state index in [1.165, 1.54) is 19.4 Å². The van der Waals surface area contributed by atoms with Crippen molar-refractivity contribution in [3.05, 3.63) is 41.6 Å². The zero-order chi connectivity index (χ0) is 26.5. The first-order valence-corrected chi connectivity index (χ1v) is 11.8. The molecule has 0 spiro atoms. The molecule has 37 heavy (non-hydrogen) atoms. The molecule has 0 atom stereocenters. The van der Waals surface area contributed by atoms with Gasteiger partial charge < -0.3 is 46.1 Å². The molecule has 12 nitrogen and oxygen atoms in total. The molecule has 4 rings (SSSR count). The highest BCUT2D eigenvalue weighted by Crippen LogP contribution is 2.38. The lowest BCUT2D eigenvalue weighted by molar-refractivity contribution is 0.210. The second-order valence-electron chi connectivity index (χ2n) is 8.32. The zero-order valence-corrected chi connectivity index (χ0v) is 21.5. The molecule has 1 saturated heterocycles. The molecule has 1 fully saturated rings. The number of hydrogen-bond acceptors (Lipinski definition) is 11. The van der Waals surface area contributed by atoms with Crippen LogP contribution in [0.2, 0.25) is 5.02 Å². The van der Waals surface area contributed by atoms with E-state index in [0.717, 1.165) is 31.9 Å². The largest absolute Gasteiger partial charge is 0.494 e. The number of aromatic nitrogens is 2. The van der Waals surface area contributed by atoms with Gasteiger partial charge in [0.25, 0.3) is 0 Å². The molecule has 2 aromatic carbocycles. The Labute approximate surface area is 219 Å². The first-order valence-electron chi connectivity index (χ1n) is 11.4. The van der Waals surface area contributed by atoms with Crippen molar-refractivity contribution in [2.75, 3.05) is 68.7 Å². The minimum absolute atomic E-state index is 0.232. The second kappa shape index (κ2) is 11.3. The van der Waals surface area contributed by atoms with Gasteiger partial charge in [-0.1, -0.05) is 11.6 Å². The van der Waals surface area contributed by atoms with Gasteiger partial charge in [-0.05, 0) is 25.2 Å². The first-order chi connectivity index (χ1) is 17.8. The third-order valence-electron chi connectivity index (χ3n) is 5.83. The predicted octanol–water partition coefficient (Wildman–Crippen LogP) is 3.43. The minimum Gasteiger partial charge on any atom is -0.494 e. The number of primary amides is 1. The average Bonchev–Trinajstić information content (AvgIpc) is 2.87. The fourth-order valence-electron chi connectivity index (χ4n) is 3.89. The van der Waals surface area contributed by atoms with E-state index >= 15 is 0 Å². The van der Waals surface area contributed by atoms with Gasteiger partial charge in [-0.2, -0.15) is 4.98 Å². The van der Waals surface area contributed by atoms with Gasteiger partial charge in [0.05, 0.1) is 43.2 Å². The summed E-state index contributed by atoms with van der Waals surface area (Å²) >= 11 is 6.35. The van der Waals surface area contributed by atoms with Crippen molar-refractivity contribution < 1.29 is 19.0 Å². The van der Waals surface area contributed by atoms with Crippen LogP contribution in [-0.4, -0.2) is 68.4 Å². The van der Waals surface area contributed by atoms with Crippen molar-refractivity contribution in [3.8, 4) is 17.2 Å². The number of piperazine rings is 1. The topological polar surface area (TPSA) is 153 Å². The minimum atomic E-state index is -0.926. The van der Waals surface area contributed by atoms with Gasteiger partial charge in [-0.15, -0.1) is 0 Å². The van der Waals surface area contributed by atoms with Gasteiger partial charge in [0, 0.05) is 38.3 Å². The van der Waals surface area contributed by atoms with Crippen LogP contribution in [0.5, 0.6) is 17.2 Å². The van der Waals surface area contributed by atoms with E-state index in [1.807, 2.05) is 6.07 Å². The van der Waals surface area contributed by atoms with E-state index < -0.39 is 6.09 Å². The van der Waals surface area contributed by atoms with Crippen LogP contribution in [0.4, 0.5) is 39.3 Å². The number of carbonyl (C=O) groups is 1. The third kappa shape index (κ3) is 6.16. The summed E-state index contributed by atoms with van der Waals surface area (Å²) in [5, 5.41) is 6.55. The van der Waals surface area contributed by atoms with E-state index in [1.54, 1.807) is 25.3 Å². The quantitative estimate of drug-likeness (QED) is 0.318. The number of amides is 1. The highest BCUT2D eigenvalue weighted by atomic mass is 35.5. The smallest absolute Gasteiger partial charge is 0.409 e. The SMILES string of the molecule is COc1cc(N2CCN(C)CC2)c(N)cc1Nc1ncc(Cl)c(Nc2ccc(OC(N)=O)cc2OC)n1. The summed E-state index contributed by atoms with van der Waals surface area (Å²) in [6.07, 6.45) is 0.537. The number of carbonyl (C=O) groups excluding carboxylic acids is 1. The number of nitrogens with one attached hydrogen (secondary N) is 2. The second-order valence-corrected chi connectivity index (χ2v) is 8.73. The number of methoxy groups -OCH3 is 2. The summed E-state index contributed by atoms with van der Waals surface area (Å²) in [4.78, 5) is 24.3. The number of likely N-dealkylation sites (N-methyl/N-ethyl adjacent to an activating group) is 1. The van der Waals surface area contributed by atoms with E-state index in [0.29, 0.717) is 34.4 Å². The normalized spacial score (nSPS) is 13.7. The van der Waals surface area contributed by atoms with Gasteiger partial charge in [-0.25, -0.2) is 9.78 Å². The fourth-order valence-corrected chi connectivity index (χ4v) is 4.03. The Balaban J connectivity index is 1.57. The molecular weight excluding hydrogens is 500 g/mol. The number of rotatable bonds is 8. The Morgan fingerprint density at radius 2 is 1.73 bits per heavy atom. The molecule has 1 amide bonds. The molecule has 0 aliphatic carbocycles. The molecule has 6 N–H and O–H groups in total. The molecule has 3 aromatic rings. The van der Waals surface area contributed by atoms with Crippen LogP contribution in [-0.2, 0) is 0 Å². The standard InChI is InChI=1S/C24H29ClN8O4/c1-32-6-8-33(9-7-32)19-12-21(36-3)18(11-16(19)26)30-24-28-13-15(25)22(31-24)29-17-5-4-14(37-23(27)34)10-20(17)35-2/h4-5,10-13H,6-9,26H2,1-3H3,(H2,27,34)(H2,28,29,30,31). The van der Waals surface area contributed by atoms with Crippen LogP contribution < -0.4 is 41.2 Å². The maximum atomic E-state index is 11.0. The molecule has 0 saturated carbocycles. The first kappa shape index (κ1) is 25.9. The number of ether oxygens (including phenoxy) is 3. The molecular formula is C24H29ClN8O4. The Morgan fingerprint density at radius 3 is 2.41 bits per heavy atom. The van der Waals surface area contributed by atoms with Crippen LogP contribution in [0, 0.1) is 0 Å². The number of benzene rings is 2. The fraction of sp³-hybridized carbons (Fsp3) is 0.292. The molecule has 1 aromatic heterocycles. The van der Waals surface area contributed by atoms with Crippen molar-refractivity contribution in [1.29, 1.82) is 0 Å². The maximum Gasteiger partial charge on any atom is 0.409 e. The number of nitrogens with two attached hydrogens (primary N) is 2. The highest BCUT2D eigenvalue weighted by Gasteiger charge is 2.19. The summed E-state index contributed by atoms with van der Waals surface area (Å²) in [6.45, 7) is 3.68. The highest BCUT2D eigenvalue weighted by molar-refractivity contribution is 6.33. The monoisotopic (exact) mass is 528 g/mol. The van der Waals surface area contributed by atoms with E-state index in [2.05, 4.69) is 37.4 Å². The maximum absolute atomic E-state index is 11.0. The number of anilines is 6.